The number of benzene rings is 3. The molecular formula is C35H42F2N8O4. The first-order chi connectivity index (χ1) is 23.7. The summed E-state index contributed by atoms with van der Waals surface area (Å²) < 4.78 is 40.7. The normalized spacial score (nSPS) is 16.3. The molecule has 2 fully saturated rings. The van der Waals surface area contributed by atoms with Crippen LogP contribution in [0.5, 0.6) is 5.75 Å². The van der Waals surface area contributed by atoms with E-state index < -0.39 is 17.7 Å². The Morgan fingerprint density at radius 2 is 1.55 bits per heavy atom. The Balaban J connectivity index is 0.000000200. The number of aromatic nitrogens is 6. The second-order valence-corrected chi connectivity index (χ2v) is 11.7. The van der Waals surface area contributed by atoms with Crippen LogP contribution in [0.1, 0.15) is 31.4 Å². The van der Waals surface area contributed by atoms with Crippen molar-refractivity contribution in [3.05, 3.63) is 113 Å². The van der Waals surface area contributed by atoms with Crippen LogP contribution in [0, 0.1) is 11.6 Å². The Morgan fingerprint density at radius 3 is 2.04 bits per heavy atom. The summed E-state index contributed by atoms with van der Waals surface area (Å²) in [6, 6.07) is 19.7. The third kappa shape index (κ3) is 9.51. The first-order valence-corrected chi connectivity index (χ1v) is 16.1. The van der Waals surface area contributed by atoms with Gasteiger partial charge in [0.1, 0.15) is 36.4 Å². The number of nitrogens with zero attached hydrogens (tertiary/aromatic N) is 8. The van der Waals surface area contributed by atoms with E-state index in [1.54, 1.807) is 25.0 Å². The number of aryl methyl sites for hydroxylation is 1. The topological polar surface area (TPSA) is 116 Å². The maximum Gasteiger partial charge on any atom is 0.350 e. The van der Waals surface area contributed by atoms with Crippen LogP contribution in [-0.4, -0.2) is 80.2 Å². The number of halogens is 2. The highest BCUT2D eigenvalue weighted by Gasteiger charge is 2.21. The number of hydrogen-bond donors (Lipinski definition) is 1. The summed E-state index contributed by atoms with van der Waals surface area (Å²) in [5, 5.41) is 17.3. The van der Waals surface area contributed by atoms with Gasteiger partial charge in [0.15, 0.2) is 0 Å². The fourth-order valence-electron chi connectivity index (χ4n) is 5.58. The molecule has 2 aromatic heterocycles. The number of ether oxygens (including phenoxy) is 2. The summed E-state index contributed by atoms with van der Waals surface area (Å²) in [7, 11) is 3.50. The first-order valence-electron chi connectivity index (χ1n) is 16.1. The van der Waals surface area contributed by atoms with Crippen molar-refractivity contribution in [3.63, 3.8) is 0 Å². The fraction of sp³-hybridized carbons (Fsp3) is 0.371. The monoisotopic (exact) mass is 676 g/mol. The number of aliphatic hydroxyl groups is 1. The molecule has 4 heterocycles. The third-order valence-corrected chi connectivity index (χ3v) is 8.15. The SMILES string of the molecule is COc1ccc(N2CCN(c3ccc(-n4cnn(C[C@H](C)O)c4=O)cc3)CC2)cc1.Cn1cncn1.Fc1ccc([C@H]2CCCO2)c(F)c1. The number of methoxy groups -OCH3 is 1. The molecular weight excluding hydrogens is 634 g/mol. The van der Waals surface area contributed by atoms with Crippen LogP contribution in [0.4, 0.5) is 20.2 Å². The van der Waals surface area contributed by atoms with Crippen molar-refractivity contribution >= 4 is 11.4 Å². The van der Waals surface area contributed by atoms with Gasteiger partial charge in [0.2, 0.25) is 0 Å². The van der Waals surface area contributed by atoms with Gasteiger partial charge in [-0.05, 0) is 74.4 Å². The van der Waals surface area contributed by atoms with Gasteiger partial charge in [-0.25, -0.2) is 27.8 Å². The number of anilines is 2. The molecule has 7 rings (SSSR count). The Morgan fingerprint density at radius 1 is 0.918 bits per heavy atom. The molecule has 0 bridgehead atoms. The molecule has 0 aliphatic carbocycles. The van der Waals surface area contributed by atoms with Crippen molar-refractivity contribution in [2.24, 2.45) is 7.05 Å². The summed E-state index contributed by atoms with van der Waals surface area (Å²) >= 11 is 0. The van der Waals surface area contributed by atoms with Gasteiger partial charge in [0.05, 0.1) is 31.5 Å². The average Bonchev–Trinajstić information content (AvgIpc) is 3.90. The van der Waals surface area contributed by atoms with Crippen molar-refractivity contribution in [1.29, 1.82) is 0 Å². The van der Waals surface area contributed by atoms with Gasteiger partial charge >= 0.3 is 5.69 Å². The van der Waals surface area contributed by atoms with Crippen LogP contribution in [-0.2, 0) is 18.3 Å². The second kappa shape index (κ2) is 16.8. The van der Waals surface area contributed by atoms with E-state index in [1.807, 2.05) is 43.4 Å². The van der Waals surface area contributed by atoms with Crippen LogP contribution in [0.2, 0.25) is 0 Å². The molecule has 5 aromatic rings. The molecule has 0 radical (unpaired) electrons. The van der Waals surface area contributed by atoms with Crippen molar-refractivity contribution in [3.8, 4) is 11.4 Å². The van der Waals surface area contributed by atoms with Crippen molar-refractivity contribution in [1.82, 2.24) is 29.1 Å². The van der Waals surface area contributed by atoms with Crippen LogP contribution >= 0.6 is 0 Å². The third-order valence-electron chi connectivity index (χ3n) is 8.15. The zero-order chi connectivity index (χ0) is 34.8. The Hall–Kier alpha value is -5.08. The van der Waals surface area contributed by atoms with E-state index in [9.17, 15) is 18.7 Å². The minimum atomic E-state index is -0.620. The molecule has 2 aliphatic heterocycles. The fourth-order valence-corrected chi connectivity index (χ4v) is 5.58. The lowest BCUT2D eigenvalue weighted by Gasteiger charge is -2.37. The molecule has 260 valence electrons. The van der Waals surface area contributed by atoms with E-state index >= 15 is 0 Å². The van der Waals surface area contributed by atoms with E-state index in [1.165, 1.54) is 39.7 Å². The summed E-state index contributed by atoms with van der Waals surface area (Å²) in [5.41, 5.74) is 3.32. The number of hydrogen-bond acceptors (Lipinski definition) is 9. The second-order valence-electron chi connectivity index (χ2n) is 11.7. The number of rotatable bonds is 7. The Bertz CT molecular complexity index is 1780. The zero-order valence-electron chi connectivity index (χ0n) is 27.9. The van der Waals surface area contributed by atoms with Crippen molar-refractivity contribution < 1.29 is 23.4 Å². The van der Waals surface area contributed by atoms with E-state index in [2.05, 4.69) is 37.1 Å². The molecule has 14 heteroatoms. The number of aliphatic hydroxyl groups excluding tert-OH is 1. The Labute approximate surface area is 283 Å². The van der Waals surface area contributed by atoms with E-state index in [0.29, 0.717) is 12.2 Å². The standard InChI is InChI=1S/C22H27N5O3.C10H10F2O.C3H5N3/c1-17(28)15-27-22(29)26(16-23-27)20-5-3-18(4-6-20)24-11-13-25(14-12-24)19-7-9-21(30-2)10-8-19;11-7-3-4-8(9(12)6-7)10-2-1-5-13-10;1-6-3-4-2-5-6/h3-10,16-17,28H,11-15H2,1-2H3;3-4,6,10H,1-2,5H2;2-3H,1H3/t17-;10-;/m01./s1. The van der Waals surface area contributed by atoms with Gasteiger partial charge in [-0.3, -0.25) is 4.68 Å². The average molecular weight is 677 g/mol. The lowest BCUT2D eigenvalue weighted by atomic mass is 10.1. The highest BCUT2D eigenvalue weighted by atomic mass is 19.1. The largest absolute Gasteiger partial charge is 0.497 e. The minimum absolute atomic E-state index is 0.180. The molecule has 0 amide bonds. The Kier molecular flexibility index (Phi) is 12.1. The van der Waals surface area contributed by atoms with Crippen molar-refractivity contribution in [2.45, 2.75) is 38.5 Å². The first kappa shape index (κ1) is 35.2. The van der Waals surface area contributed by atoms with Crippen LogP contribution < -0.4 is 20.2 Å². The zero-order valence-corrected chi connectivity index (χ0v) is 27.9. The molecule has 49 heavy (non-hydrogen) atoms. The molecule has 3 aromatic carbocycles. The van der Waals surface area contributed by atoms with Crippen LogP contribution in [0.15, 0.2) is 90.5 Å². The highest BCUT2D eigenvalue weighted by molar-refractivity contribution is 5.54. The van der Waals surface area contributed by atoms with E-state index in [4.69, 9.17) is 9.47 Å². The van der Waals surface area contributed by atoms with Gasteiger partial charge in [-0.2, -0.15) is 10.2 Å². The lowest BCUT2D eigenvalue weighted by Crippen LogP contribution is -2.46. The van der Waals surface area contributed by atoms with Crippen molar-refractivity contribution in [2.75, 3.05) is 49.7 Å². The molecule has 0 spiro atoms. The maximum absolute atomic E-state index is 13.2. The van der Waals surface area contributed by atoms with Gasteiger partial charge < -0.3 is 24.4 Å². The lowest BCUT2D eigenvalue weighted by molar-refractivity contribution is 0.109. The molecule has 0 unspecified atom stereocenters. The maximum atomic E-state index is 13.2. The quantitative estimate of drug-likeness (QED) is 0.268. The summed E-state index contributed by atoms with van der Waals surface area (Å²) in [6.07, 6.45) is 5.60. The predicted molar refractivity (Wildman–Crippen MR) is 182 cm³/mol. The molecule has 12 nitrogen and oxygen atoms in total. The summed E-state index contributed by atoms with van der Waals surface area (Å²) in [6.45, 7) is 6.23. The van der Waals surface area contributed by atoms with Gasteiger partial charge in [-0.15, -0.1) is 0 Å². The minimum Gasteiger partial charge on any atom is -0.497 e. The van der Waals surface area contributed by atoms with Crippen LogP contribution in [0.3, 0.4) is 0 Å². The van der Waals surface area contributed by atoms with Gasteiger partial charge in [0, 0.05) is 62.8 Å². The molecule has 2 saturated heterocycles. The predicted octanol–water partition coefficient (Wildman–Crippen LogP) is 4.38. The molecule has 1 N–H and O–H groups in total. The van der Waals surface area contributed by atoms with Gasteiger partial charge in [-0.1, -0.05) is 6.07 Å². The number of piperazine rings is 1. The smallest absolute Gasteiger partial charge is 0.350 e. The van der Waals surface area contributed by atoms with Crippen LogP contribution in [0.25, 0.3) is 5.69 Å². The summed E-state index contributed by atoms with van der Waals surface area (Å²) in [4.78, 5) is 20.8. The van der Waals surface area contributed by atoms with Gasteiger partial charge in [0.25, 0.3) is 0 Å². The summed E-state index contributed by atoms with van der Waals surface area (Å²) in [5.74, 6) is -0.181. The van der Waals surface area contributed by atoms with E-state index in [0.717, 1.165) is 62.2 Å². The highest BCUT2D eigenvalue weighted by Crippen LogP contribution is 2.30. The molecule has 2 aliphatic rings. The molecule has 0 saturated carbocycles. The van der Waals surface area contributed by atoms with E-state index in [-0.39, 0.29) is 18.3 Å². The molecule has 2 atom stereocenters.